The van der Waals surface area contributed by atoms with E-state index in [-0.39, 0.29) is 30.5 Å². The van der Waals surface area contributed by atoms with Crippen molar-refractivity contribution in [3.63, 3.8) is 0 Å². The lowest BCUT2D eigenvalue weighted by atomic mass is 9.88. The summed E-state index contributed by atoms with van der Waals surface area (Å²) in [6.45, 7) is 1.89. The van der Waals surface area contributed by atoms with Gasteiger partial charge in [-0.25, -0.2) is 0 Å². The Morgan fingerprint density at radius 2 is 1.88 bits per heavy atom. The molecule has 1 rings (SSSR count). The molecular weight excluding hydrogens is 336 g/mol. The van der Waals surface area contributed by atoms with E-state index in [4.69, 9.17) is 5.11 Å². The molecule has 6 nitrogen and oxygen atoms in total. The van der Waals surface area contributed by atoms with Crippen molar-refractivity contribution in [3.8, 4) is 0 Å². The predicted octanol–water partition coefficient (Wildman–Crippen LogP) is 2.45. The molecule has 0 amide bonds. The van der Waals surface area contributed by atoms with Gasteiger partial charge in [0.15, 0.2) is 0 Å². The van der Waals surface area contributed by atoms with Crippen molar-refractivity contribution in [1.29, 1.82) is 0 Å². The maximum Gasteiger partial charge on any atom is 0.303 e. The van der Waals surface area contributed by atoms with Gasteiger partial charge in [-0.3, -0.25) is 9.59 Å². The molecule has 0 aromatic carbocycles. The van der Waals surface area contributed by atoms with Crippen LogP contribution in [0.25, 0.3) is 0 Å². The van der Waals surface area contributed by atoms with E-state index >= 15 is 0 Å². The third-order valence-corrected chi connectivity index (χ3v) is 5.21. The highest BCUT2D eigenvalue weighted by molar-refractivity contribution is 5.84. The van der Waals surface area contributed by atoms with E-state index in [9.17, 15) is 24.9 Å². The number of ketones is 1. The Morgan fingerprint density at radius 1 is 1.19 bits per heavy atom. The zero-order valence-electron chi connectivity index (χ0n) is 15.7. The van der Waals surface area contributed by atoms with Gasteiger partial charge >= 0.3 is 5.97 Å². The molecule has 0 aliphatic heterocycles. The molecule has 26 heavy (non-hydrogen) atoms. The Balaban J connectivity index is 2.42. The number of hydrogen-bond donors (Lipinski definition) is 4. The van der Waals surface area contributed by atoms with Gasteiger partial charge in [0.05, 0.1) is 18.3 Å². The first-order chi connectivity index (χ1) is 12.3. The average molecular weight is 370 g/mol. The highest BCUT2D eigenvalue weighted by Gasteiger charge is 2.39. The molecule has 150 valence electrons. The van der Waals surface area contributed by atoms with Crippen LogP contribution in [0.5, 0.6) is 0 Å². The van der Waals surface area contributed by atoms with Crippen LogP contribution in [-0.2, 0) is 9.59 Å². The number of carbonyl (C=O) groups is 2. The fourth-order valence-corrected chi connectivity index (χ4v) is 3.51. The molecule has 0 spiro atoms. The minimum absolute atomic E-state index is 0.0635. The van der Waals surface area contributed by atoms with Gasteiger partial charge in [0.2, 0.25) is 0 Å². The van der Waals surface area contributed by atoms with Crippen LogP contribution < -0.4 is 0 Å². The van der Waals surface area contributed by atoms with Crippen LogP contribution in [-0.4, -0.2) is 50.5 Å². The quantitative estimate of drug-likeness (QED) is 0.292. The van der Waals surface area contributed by atoms with E-state index in [1.807, 2.05) is 6.92 Å². The number of rotatable bonds is 13. The first kappa shape index (κ1) is 22.8. The predicted molar refractivity (Wildman–Crippen MR) is 98.6 cm³/mol. The summed E-state index contributed by atoms with van der Waals surface area (Å²) < 4.78 is 0. The Kier molecular flexibility index (Phi) is 10.7. The molecule has 0 aromatic rings. The van der Waals surface area contributed by atoms with Gasteiger partial charge in [-0.05, 0) is 32.1 Å². The number of carbonyl (C=O) groups excluding carboxylic acids is 1. The molecule has 5 atom stereocenters. The zero-order valence-corrected chi connectivity index (χ0v) is 15.7. The smallest absolute Gasteiger partial charge is 0.303 e. The summed E-state index contributed by atoms with van der Waals surface area (Å²) in [5, 5.41) is 38.3. The lowest BCUT2D eigenvalue weighted by Crippen LogP contribution is -2.19. The van der Waals surface area contributed by atoms with Crippen molar-refractivity contribution >= 4 is 11.8 Å². The largest absolute Gasteiger partial charge is 0.481 e. The van der Waals surface area contributed by atoms with Crippen molar-refractivity contribution in [2.24, 2.45) is 11.8 Å². The minimum atomic E-state index is -0.783. The summed E-state index contributed by atoms with van der Waals surface area (Å²) in [7, 11) is 0. The third-order valence-electron chi connectivity index (χ3n) is 5.21. The van der Waals surface area contributed by atoms with E-state index in [1.165, 1.54) is 0 Å². The minimum Gasteiger partial charge on any atom is -0.481 e. The first-order valence-electron chi connectivity index (χ1n) is 9.82. The molecule has 0 radical (unpaired) electrons. The van der Waals surface area contributed by atoms with Crippen LogP contribution in [0.2, 0.25) is 0 Å². The number of carboxylic acids is 1. The summed E-state index contributed by atoms with van der Waals surface area (Å²) >= 11 is 0. The molecule has 0 aromatic heterocycles. The lowest BCUT2D eigenvalue weighted by Gasteiger charge is -2.18. The highest BCUT2D eigenvalue weighted by atomic mass is 16.4. The van der Waals surface area contributed by atoms with Crippen LogP contribution in [0.3, 0.4) is 0 Å². The summed E-state index contributed by atoms with van der Waals surface area (Å²) in [6.07, 6.45) is 7.42. The molecule has 0 saturated heterocycles. The molecule has 6 heteroatoms. The van der Waals surface area contributed by atoms with Gasteiger partial charge in [0.1, 0.15) is 5.78 Å². The summed E-state index contributed by atoms with van der Waals surface area (Å²) in [5.74, 6) is -1.22. The molecule has 0 heterocycles. The van der Waals surface area contributed by atoms with Gasteiger partial charge in [-0.1, -0.05) is 38.3 Å². The number of aliphatic hydroxyl groups excluding tert-OH is 3. The van der Waals surface area contributed by atoms with E-state index in [1.54, 1.807) is 12.2 Å². The SMILES string of the molecule is CCC(O)CC[C@H](O)/C=C/[C@H]1[C@H](O)CC(=O)[C@@H]1CCCCCCC(=O)O. The number of hydrogen-bond acceptors (Lipinski definition) is 5. The highest BCUT2D eigenvalue weighted by Crippen LogP contribution is 2.34. The molecule has 1 aliphatic carbocycles. The molecule has 1 unspecified atom stereocenters. The fraction of sp³-hybridized carbons (Fsp3) is 0.800. The average Bonchev–Trinajstić information content (AvgIpc) is 2.86. The van der Waals surface area contributed by atoms with E-state index in [0.717, 1.165) is 19.3 Å². The second kappa shape index (κ2) is 12.2. The van der Waals surface area contributed by atoms with Crippen molar-refractivity contribution in [2.45, 2.75) is 89.4 Å². The van der Waals surface area contributed by atoms with E-state index in [2.05, 4.69) is 0 Å². The second-order valence-corrected chi connectivity index (χ2v) is 7.36. The molecule has 0 bridgehead atoms. The van der Waals surface area contributed by atoms with E-state index < -0.39 is 24.3 Å². The number of carboxylic acid groups (broad SMARTS) is 1. The topological polar surface area (TPSA) is 115 Å². The molecule has 1 fully saturated rings. The van der Waals surface area contributed by atoms with E-state index in [0.29, 0.717) is 32.1 Å². The molecule has 1 saturated carbocycles. The Labute approximate surface area is 155 Å². The number of Topliss-reactive ketones (excluding diaryl/α,β-unsaturated/α-hetero) is 1. The molecule has 4 N–H and O–H groups in total. The van der Waals surface area contributed by atoms with Gasteiger partial charge in [0.25, 0.3) is 0 Å². The standard InChI is InChI=1S/C20H34O6/c1-2-14(21)9-10-15(22)11-12-17-16(18(23)13-19(17)24)7-5-3-4-6-8-20(25)26/h11-12,14-17,19,21-22,24H,2-10,13H2,1H3,(H,25,26)/b12-11+/t14?,15-,16+,17+,19+/m0/s1. The van der Waals surface area contributed by atoms with Crippen molar-refractivity contribution in [2.75, 3.05) is 0 Å². The van der Waals surface area contributed by atoms with Crippen LogP contribution >= 0.6 is 0 Å². The fourth-order valence-electron chi connectivity index (χ4n) is 3.51. The van der Waals surface area contributed by atoms with Gasteiger partial charge in [0, 0.05) is 24.7 Å². The second-order valence-electron chi connectivity index (χ2n) is 7.36. The number of unbranched alkanes of at least 4 members (excludes halogenated alkanes) is 3. The summed E-state index contributed by atoms with van der Waals surface area (Å²) in [4.78, 5) is 22.6. The lowest BCUT2D eigenvalue weighted by molar-refractivity contribution is -0.137. The normalized spacial score (nSPS) is 25.7. The van der Waals surface area contributed by atoms with Crippen molar-refractivity contribution in [1.82, 2.24) is 0 Å². The number of aliphatic hydroxyl groups is 3. The van der Waals surface area contributed by atoms with Crippen molar-refractivity contribution in [3.05, 3.63) is 12.2 Å². The molecular formula is C20H34O6. The number of aliphatic carboxylic acids is 1. The van der Waals surface area contributed by atoms with Crippen LogP contribution in [0, 0.1) is 11.8 Å². The Hall–Kier alpha value is -1.24. The maximum absolute atomic E-state index is 12.1. The van der Waals surface area contributed by atoms with Gasteiger partial charge < -0.3 is 20.4 Å². The monoisotopic (exact) mass is 370 g/mol. The molecule has 1 aliphatic rings. The van der Waals surface area contributed by atoms with Crippen molar-refractivity contribution < 1.29 is 30.0 Å². The first-order valence-corrected chi connectivity index (χ1v) is 9.82. The maximum atomic E-state index is 12.1. The third kappa shape index (κ3) is 8.43. The van der Waals surface area contributed by atoms with Crippen LogP contribution in [0.1, 0.15) is 71.1 Å². The zero-order chi connectivity index (χ0) is 19.5. The van der Waals surface area contributed by atoms with Crippen LogP contribution in [0.15, 0.2) is 12.2 Å². The summed E-state index contributed by atoms with van der Waals surface area (Å²) in [6, 6.07) is 0. The van der Waals surface area contributed by atoms with Gasteiger partial charge in [-0.15, -0.1) is 0 Å². The van der Waals surface area contributed by atoms with Crippen LogP contribution in [0.4, 0.5) is 0 Å². The summed E-state index contributed by atoms with van der Waals surface area (Å²) in [5.41, 5.74) is 0. The van der Waals surface area contributed by atoms with Gasteiger partial charge in [-0.2, -0.15) is 0 Å². The Morgan fingerprint density at radius 3 is 2.54 bits per heavy atom. The Bertz CT molecular complexity index is 461.